The van der Waals surface area contributed by atoms with E-state index in [1.165, 1.54) is 0 Å². The van der Waals surface area contributed by atoms with Crippen molar-refractivity contribution in [3.8, 4) is 0 Å². The van der Waals surface area contributed by atoms with E-state index in [-0.39, 0.29) is 41.5 Å². The first-order chi connectivity index (χ1) is 12.1. The second-order valence-corrected chi connectivity index (χ2v) is 10.1. The summed E-state index contributed by atoms with van der Waals surface area (Å²) in [5, 5.41) is 2.57. The van der Waals surface area contributed by atoms with E-state index in [1.807, 2.05) is 11.9 Å². The Hall–Kier alpha value is -1.43. The Morgan fingerprint density at radius 3 is 2.54 bits per heavy atom. The summed E-state index contributed by atoms with van der Waals surface area (Å²) in [4.78, 5) is 43.1. The summed E-state index contributed by atoms with van der Waals surface area (Å²) < 4.78 is 0. The lowest BCUT2D eigenvalue weighted by Gasteiger charge is -2.60. The van der Waals surface area contributed by atoms with Crippen LogP contribution in [0.25, 0.3) is 0 Å². The van der Waals surface area contributed by atoms with Gasteiger partial charge in [-0.15, -0.1) is 0 Å². The molecule has 5 aliphatic heterocycles. The zero-order valence-corrected chi connectivity index (χ0v) is 16.2. The van der Waals surface area contributed by atoms with Crippen LogP contribution in [-0.4, -0.2) is 59.2 Å². The minimum Gasteiger partial charge on any atom is -0.341 e. The molecule has 1 aliphatic carbocycles. The third-order valence-corrected chi connectivity index (χ3v) is 9.24. The fraction of sp³-hybridized carbons (Fsp3) is 0.850. The van der Waals surface area contributed by atoms with Gasteiger partial charge in [0.2, 0.25) is 17.7 Å². The van der Waals surface area contributed by atoms with Crippen molar-refractivity contribution >= 4 is 17.7 Å². The Bertz CT molecular complexity index is 734. The summed E-state index contributed by atoms with van der Waals surface area (Å²) >= 11 is 0. The molecule has 5 heterocycles. The zero-order chi connectivity index (χ0) is 18.6. The van der Waals surface area contributed by atoms with E-state index in [0.29, 0.717) is 18.3 Å². The number of hydrogen-bond acceptors (Lipinski definition) is 4. The molecule has 6 aliphatic rings. The normalized spacial score (nSPS) is 49.5. The first-order valence-corrected chi connectivity index (χ1v) is 10.0. The molecule has 1 saturated carbocycles. The van der Waals surface area contributed by atoms with Crippen LogP contribution in [0.5, 0.6) is 0 Å². The molecule has 6 fully saturated rings. The maximum absolute atomic E-state index is 13.6. The minimum absolute atomic E-state index is 0.0503. The van der Waals surface area contributed by atoms with Crippen molar-refractivity contribution in [3.05, 3.63) is 0 Å². The van der Waals surface area contributed by atoms with Crippen LogP contribution in [-0.2, 0) is 14.4 Å². The van der Waals surface area contributed by atoms with Gasteiger partial charge in [0.15, 0.2) is 0 Å². The van der Waals surface area contributed by atoms with E-state index in [1.54, 1.807) is 0 Å². The summed E-state index contributed by atoms with van der Waals surface area (Å²) in [7, 11) is 1.93. The summed E-state index contributed by atoms with van der Waals surface area (Å²) in [5.74, 6) is 0.973. The second-order valence-electron chi connectivity index (χ2n) is 10.1. The summed E-state index contributed by atoms with van der Waals surface area (Å²) in [5.41, 5.74) is -1.39. The number of carbonyl (C=O) groups excluding carboxylic acids is 3. The molecule has 6 heteroatoms. The lowest BCUT2D eigenvalue weighted by molar-refractivity contribution is -0.158. The fourth-order valence-corrected chi connectivity index (χ4v) is 7.50. The molecule has 0 aromatic rings. The number of fused-ring (bicyclic) bond motifs is 1. The first-order valence-electron chi connectivity index (χ1n) is 10.0. The second kappa shape index (κ2) is 4.70. The van der Waals surface area contributed by atoms with Gasteiger partial charge in [-0.25, -0.2) is 0 Å². The van der Waals surface area contributed by atoms with Crippen LogP contribution in [0.3, 0.4) is 0 Å². The first kappa shape index (κ1) is 16.7. The fourth-order valence-electron chi connectivity index (χ4n) is 7.50. The van der Waals surface area contributed by atoms with E-state index >= 15 is 0 Å². The number of hydrogen-bond donors (Lipinski definition) is 1. The Labute approximate surface area is 154 Å². The smallest absolute Gasteiger partial charge is 0.243 e. The molecular formula is C20H29N3O3. The van der Waals surface area contributed by atoms with Crippen LogP contribution in [0.2, 0.25) is 0 Å². The third-order valence-electron chi connectivity index (χ3n) is 9.24. The lowest BCUT2D eigenvalue weighted by Crippen LogP contribution is -2.65. The van der Waals surface area contributed by atoms with Gasteiger partial charge in [-0.2, -0.15) is 0 Å². The molecule has 6 atom stereocenters. The maximum atomic E-state index is 13.6. The SMILES string of the molecule is C[C@H]1CCN2CC3C4C[C@]5(CC(=O)NC5=O)C(C)(C)[C@@H]3C[C@]12C(=O)N4C. The molecular weight excluding hydrogens is 330 g/mol. The predicted molar refractivity (Wildman–Crippen MR) is 94.8 cm³/mol. The molecule has 0 aromatic heterocycles. The number of nitrogens with zero attached hydrogens (tertiary/aromatic N) is 2. The maximum Gasteiger partial charge on any atom is 0.243 e. The van der Waals surface area contributed by atoms with Crippen LogP contribution < -0.4 is 5.32 Å². The monoisotopic (exact) mass is 359 g/mol. The topological polar surface area (TPSA) is 69.7 Å². The molecule has 5 saturated heterocycles. The predicted octanol–water partition coefficient (Wildman–Crippen LogP) is 1.01. The zero-order valence-electron chi connectivity index (χ0n) is 16.2. The molecule has 6 rings (SSSR count). The molecule has 4 bridgehead atoms. The Kier molecular flexibility index (Phi) is 3.02. The van der Waals surface area contributed by atoms with E-state index in [2.05, 4.69) is 31.0 Å². The third kappa shape index (κ3) is 1.58. The van der Waals surface area contributed by atoms with Gasteiger partial charge in [0, 0.05) is 26.1 Å². The Morgan fingerprint density at radius 1 is 1.15 bits per heavy atom. The minimum atomic E-state index is -0.681. The molecule has 0 aromatic carbocycles. The molecule has 142 valence electrons. The van der Waals surface area contributed by atoms with Gasteiger partial charge in [-0.1, -0.05) is 20.8 Å². The number of carbonyl (C=O) groups is 3. The van der Waals surface area contributed by atoms with Crippen molar-refractivity contribution in [2.24, 2.45) is 28.6 Å². The van der Waals surface area contributed by atoms with Gasteiger partial charge >= 0.3 is 0 Å². The van der Waals surface area contributed by atoms with Gasteiger partial charge in [0.1, 0.15) is 5.54 Å². The molecule has 0 radical (unpaired) electrons. The van der Waals surface area contributed by atoms with Crippen LogP contribution in [0.15, 0.2) is 0 Å². The van der Waals surface area contributed by atoms with E-state index in [9.17, 15) is 14.4 Å². The summed E-state index contributed by atoms with van der Waals surface area (Å²) in [6, 6.07) is 0.0503. The largest absolute Gasteiger partial charge is 0.341 e. The number of likely N-dealkylation sites (N-methyl/N-ethyl adjacent to an activating group) is 1. The highest BCUT2D eigenvalue weighted by atomic mass is 16.2. The quantitative estimate of drug-likeness (QED) is 0.656. The average molecular weight is 359 g/mol. The number of piperidine rings is 1. The van der Waals surface area contributed by atoms with E-state index in [0.717, 1.165) is 25.9 Å². The molecule has 6 nitrogen and oxygen atoms in total. The molecule has 2 spiro atoms. The van der Waals surface area contributed by atoms with Crippen molar-refractivity contribution < 1.29 is 14.4 Å². The Balaban J connectivity index is 1.69. The Morgan fingerprint density at radius 2 is 1.88 bits per heavy atom. The summed E-state index contributed by atoms with van der Waals surface area (Å²) in [6.07, 6.45) is 2.77. The van der Waals surface area contributed by atoms with Crippen LogP contribution >= 0.6 is 0 Å². The number of rotatable bonds is 0. The van der Waals surface area contributed by atoms with Gasteiger partial charge in [0.25, 0.3) is 0 Å². The number of nitrogens with one attached hydrogen (secondary N) is 1. The van der Waals surface area contributed by atoms with Gasteiger partial charge < -0.3 is 4.90 Å². The van der Waals surface area contributed by atoms with Crippen molar-refractivity contribution in [1.29, 1.82) is 0 Å². The van der Waals surface area contributed by atoms with Gasteiger partial charge in [0.05, 0.1) is 5.41 Å². The van der Waals surface area contributed by atoms with E-state index in [4.69, 9.17) is 0 Å². The molecule has 26 heavy (non-hydrogen) atoms. The molecule has 2 unspecified atom stereocenters. The van der Waals surface area contributed by atoms with Crippen LogP contribution in [0, 0.1) is 28.6 Å². The van der Waals surface area contributed by atoms with Crippen LogP contribution in [0.4, 0.5) is 0 Å². The van der Waals surface area contributed by atoms with E-state index < -0.39 is 11.0 Å². The molecule has 3 amide bonds. The number of imide groups is 1. The highest BCUT2D eigenvalue weighted by Gasteiger charge is 2.72. The van der Waals surface area contributed by atoms with Crippen LogP contribution in [0.1, 0.15) is 46.5 Å². The van der Waals surface area contributed by atoms with Gasteiger partial charge in [-0.05, 0) is 49.0 Å². The van der Waals surface area contributed by atoms with Gasteiger partial charge in [-0.3, -0.25) is 24.6 Å². The van der Waals surface area contributed by atoms with Crippen molar-refractivity contribution in [2.75, 3.05) is 20.1 Å². The molecule has 1 N–H and O–H groups in total. The highest BCUT2D eigenvalue weighted by Crippen LogP contribution is 2.66. The summed E-state index contributed by atoms with van der Waals surface area (Å²) in [6.45, 7) is 8.53. The lowest BCUT2D eigenvalue weighted by atomic mass is 9.46. The number of amides is 3. The highest BCUT2D eigenvalue weighted by molar-refractivity contribution is 6.06. The standard InChI is InChI=1S/C20H29N3O3/c1-11-5-6-23-10-12-13-7-20(11,23)17(26)22(4)14(12)8-19(18(13,2)3)9-15(24)21-16(19)25/h11-14H,5-10H2,1-4H3,(H,21,24,25)/t11-,12?,13+,14?,19+,20+/m0/s1. The average Bonchev–Trinajstić information content (AvgIpc) is 3.02. The van der Waals surface area contributed by atoms with Crippen molar-refractivity contribution in [2.45, 2.75) is 58.0 Å². The van der Waals surface area contributed by atoms with Crippen molar-refractivity contribution in [3.63, 3.8) is 0 Å². The van der Waals surface area contributed by atoms with Crippen molar-refractivity contribution in [1.82, 2.24) is 15.1 Å².